The molecule has 0 bridgehead atoms. The Hall–Kier alpha value is -0.630. The summed E-state index contributed by atoms with van der Waals surface area (Å²) in [5.41, 5.74) is 0. The van der Waals surface area contributed by atoms with Crippen LogP contribution in [0.5, 0.6) is 0 Å². The molecule has 0 saturated carbocycles. The van der Waals surface area contributed by atoms with Crippen LogP contribution in [0.15, 0.2) is 17.3 Å². The van der Waals surface area contributed by atoms with Gasteiger partial charge in [-0.2, -0.15) is 5.10 Å². The molecule has 0 radical (unpaired) electrons. The number of aromatic nitrogens is 2. The fourth-order valence-corrected chi connectivity index (χ4v) is 2.60. The first-order valence-corrected chi connectivity index (χ1v) is 6.57. The van der Waals surface area contributed by atoms with Crippen molar-refractivity contribution in [2.45, 2.75) is 10.9 Å². The van der Waals surface area contributed by atoms with E-state index in [4.69, 9.17) is 16.3 Å². The van der Waals surface area contributed by atoms with Crippen LogP contribution in [0.3, 0.4) is 0 Å². The molecule has 0 aromatic carbocycles. The lowest BCUT2D eigenvalue weighted by Gasteiger charge is -2.14. The molecule has 0 aliphatic carbocycles. The second-order valence-electron chi connectivity index (χ2n) is 3.28. The third-order valence-corrected chi connectivity index (χ3v) is 3.71. The fraction of sp³-hybridized carbons (Fsp3) is 0.625. The van der Waals surface area contributed by atoms with Crippen LogP contribution in [-0.2, 0) is 21.8 Å². The van der Waals surface area contributed by atoms with Crippen LogP contribution in [0, 0.1) is 0 Å². The molecule has 0 amide bonds. The summed E-state index contributed by atoms with van der Waals surface area (Å²) in [7, 11) is -0.441. The minimum absolute atomic E-state index is 0.112. The quantitative estimate of drug-likeness (QED) is 0.734. The maximum atomic E-state index is 11.8. The van der Waals surface area contributed by atoms with Gasteiger partial charge in [-0.3, -0.25) is 4.68 Å². The number of halogens is 1. The normalized spacial score (nSPS) is 13.9. The highest BCUT2D eigenvalue weighted by molar-refractivity contribution is 7.89. The molecule has 92 valence electrons. The van der Waals surface area contributed by atoms with Gasteiger partial charge in [0.15, 0.2) is 0 Å². The molecule has 1 rings (SSSR count). The zero-order valence-corrected chi connectivity index (χ0v) is 10.6. The van der Waals surface area contributed by atoms with Gasteiger partial charge in [-0.15, -0.1) is 11.6 Å². The van der Waals surface area contributed by atoms with E-state index in [9.17, 15) is 8.42 Å². The van der Waals surface area contributed by atoms with E-state index in [2.05, 4.69) is 9.82 Å². The second kappa shape index (κ2) is 5.62. The van der Waals surface area contributed by atoms with Crippen molar-refractivity contribution in [1.29, 1.82) is 0 Å². The Bertz CT molecular complexity index is 431. The van der Waals surface area contributed by atoms with Crippen molar-refractivity contribution in [3.63, 3.8) is 0 Å². The van der Waals surface area contributed by atoms with Crippen molar-refractivity contribution in [3.8, 4) is 0 Å². The zero-order valence-electron chi connectivity index (χ0n) is 9.05. The number of sulfonamides is 1. The lowest BCUT2D eigenvalue weighted by atomic mass is 10.4. The number of aryl methyl sites for hydroxylation is 1. The third-order valence-electron chi connectivity index (χ3n) is 1.87. The van der Waals surface area contributed by atoms with Crippen LogP contribution in [0.25, 0.3) is 0 Å². The number of methoxy groups -OCH3 is 1. The van der Waals surface area contributed by atoms with Crippen LogP contribution < -0.4 is 4.72 Å². The fourth-order valence-electron chi connectivity index (χ4n) is 1.14. The summed E-state index contributed by atoms with van der Waals surface area (Å²) >= 11 is 5.62. The van der Waals surface area contributed by atoms with Crippen molar-refractivity contribution in [2.24, 2.45) is 7.05 Å². The van der Waals surface area contributed by atoms with E-state index in [-0.39, 0.29) is 17.4 Å². The average Bonchev–Trinajstić information content (AvgIpc) is 2.64. The Labute approximate surface area is 99.6 Å². The third kappa shape index (κ3) is 3.44. The van der Waals surface area contributed by atoms with E-state index >= 15 is 0 Å². The predicted molar refractivity (Wildman–Crippen MR) is 59.9 cm³/mol. The van der Waals surface area contributed by atoms with Crippen LogP contribution in [0.1, 0.15) is 0 Å². The van der Waals surface area contributed by atoms with Gasteiger partial charge in [-0.25, -0.2) is 13.1 Å². The topological polar surface area (TPSA) is 73.2 Å². The summed E-state index contributed by atoms with van der Waals surface area (Å²) in [6.45, 7) is 0.225. The van der Waals surface area contributed by atoms with Gasteiger partial charge in [-0.1, -0.05) is 0 Å². The minimum atomic E-state index is -3.57. The molecule has 1 heterocycles. The number of rotatable bonds is 6. The zero-order chi connectivity index (χ0) is 12.2. The molecule has 16 heavy (non-hydrogen) atoms. The highest BCUT2D eigenvalue weighted by Gasteiger charge is 2.20. The summed E-state index contributed by atoms with van der Waals surface area (Å²) in [5.74, 6) is 0.146. The number of ether oxygens (including phenoxy) is 1. The molecule has 0 aliphatic heterocycles. The molecule has 1 unspecified atom stereocenters. The Balaban J connectivity index is 2.78. The molecule has 8 heteroatoms. The monoisotopic (exact) mass is 267 g/mol. The second-order valence-corrected chi connectivity index (χ2v) is 5.30. The lowest BCUT2D eigenvalue weighted by molar-refractivity contribution is 0.181. The maximum absolute atomic E-state index is 11.8. The van der Waals surface area contributed by atoms with E-state index in [0.29, 0.717) is 0 Å². The highest BCUT2D eigenvalue weighted by Crippen LogP contribution is 2.07. The van der Waals surface area contributed by atoms with Gasteiger partial charge in [0.1, 0.15) is 4.90 Å². The highest BCUT2D eigenvalue weighted by atomic mass is 35.5. The molecule has 6 nitrogen and oxygen atoms in total. The first-order valence-electron chi connectivity index (χ1n) is 4.55. The molecule has 1 aromatic heterocycles. The molecule has 0 aliphatic rings. The van der Waals surface area contributed by atoms with Gasteiger partial charge >= 0.3 is 0 Å². The van der Waals surface area contributed by atoms with E-state index < -0.39 is 16.1 Å². The maximum Gasteiger partial charge on any atom is 0.244 e. The molecule has 0 fully saturated rings. The lowest BCUT2D eigenvalue weighted by Crippen LogP contribution is -2.39. The van der Waals surface area contributed by atoms with E-state index in [1.54, 1.807) is 7.05 Å². The Morgan fingerprint density at radius 3 is 2.81 bits per heavy atom. The van der Waals surface area contributed by atoms with Gasteiger partial charge in [0.25, 0.3) is 0 Å². The SMILES string of the molecule is COCC(CCl)NS(=O)(=O)c1cnn(C)c1. The van der Waals surface area contributed by atoms with Gasteiger partial charge in [0, 0.05) is 26.2 Å². The van der Waals surface area contributed by atoms with Crippen LogP contribution in [0.2, 0.25) is 0 Å². The molecule has 1 atom stereocenters. The van der Waals surface area contributed by atoms with Crippen molar-refractivity contribution in [1.82, 2.24) is 14.5 Å². The number of hydrogen-bond donors (Lipinski definition) is 1. The summed E-state index contributed by atoms with van der Waals surface area (Å²) in [6.07, 6.45) is 2.70. The van der Waals surface area contributed by atoms with E-state index in [1.807, 2.05) is 0 Å². The molecule has 1 N–H and O–H groups in total. The van der Waals surface area contributed by atoms with E-state index in [0.717, 1.165) is 0 Å². The standard InChI is InChI=1S/C8H14ClN3O3S/c1-12-5-8(4-10-12)16(13,14)11-7(3-9)6-15-2/h4-5,7,11H,3,6H2,1-2H3. The summed E-state index contributed by atoms with van der Waals surface area (Å²) in [4.78, 5) is 0.112. The van der Waals surface area contributed by atoms with Crippen molar-refractivity contribution in [3.05, 3.63) is 12.4 Å². The average molecular weight is 268 g/mol. The number of alkyl halides is 1. The summed E-state index contributed by atoms with van der Waals surface area (Å²) in [6, 6.07) is -0.447. The Morgan fingerprint density at radius 1 is 1.69 bits per heavy atom. The Kier molecular flexibility index (Phi) is 4.72. The first kappa shape index (κ1) is 13.4. The summed E-state index contributed by atoms with van der Waals surface area (Å²) in [5, 5.41) is 3.80. The molecule has 0 saturated heterocycles. The van der Waals surface area contributed by atoms with Crippen molar-refractivity contribution < 1.29 is 13.2 Å². The molecule has 1 aromatic rings. The van der Waals surface area contributed by atoms with Gasteiger partial charge in [0.2, 0.25) is 10.0 Å². The van der Waals surface area contributed by atoms with Crippen molar-refractivity contribution >= 4 is 21.6 Å². The van der Waals surface area contributed by atoms with Gasteiger partial charge in [-0.05, 0) is 0 Å². The first-order chi connectivity index (χ1) is 7.49. The number of nitrogens with zero attached hydrogens (tertiary/aromatic N) is 2. The Morgan fingerprint density at radius 2 is 2.38 bits per heavy atom. The molecule has 0 spiro atoms. The smallest absolute Gasteiger partial charge is 0.244 e. The number of hydrogen-bond acceptors (Lipinski definition) is 4. The van der Waals surface area contributed by atoms with Crippen LogP contribution in [0.4, 0.5) is 0 Å². The molecular formula is C8H14ClN3O3S. The van der Waals surface area contributed by atoms with E-state index in [1.165, 1.54) is 24.2 Å². The number of nitrogens with one attached hydrogen (secondary N) is 1. The predicted octanol–water partition coefficient (Wildman–Crippen LogP) is -0.0478. The van der Waals surface area contributed by atoms with Crippen LogP contribution in [-0.4, -0.2) is 43.8 Å². The largest absolute Gasteiger partial charge is 0.383 e. The minimum Gasteiger partial charge on any atom is -0.383 e. The summed E-state index contributed by atoms with van der Waals surface area (Å²) < 4.78 is 32.3. The van der Waals surface area contributed by atoms with Crippen LogP contribution >= 0.6 is 11.6 Å². The van der Waals surface area contributed by atoms with Gasteiger partial charge < -0.3 is 4.74 Å². The van der Waals surface area contributed by atoms with Crippen molar-refractivity contribution in [2.75, 3.05) is 19.6 Å². The van der Waals surface area contributed by atoms with Gasteiger partial charge in [0.05, 0.1) is 18.8 Å². The molecular weight excluding hydrogens is 254 g/mol.